The summed E-state index contributed by atoms with van der Waals surface area (Å²) in [6.45, 7) is 8.35. The van der Waals surface area contributed by atoms with Crippen molar-refractivity contribution in [3.63, 3.8) is 0 Å². The SMILES string of the molecule is COc1c(C)cc(C)cc1-c1cc(C)cc(C)c1OC. The summed E-state index contributed by atoms with van der Waals surface area (Å²) >= 11 is 0. The Kier molecular flexibility index (Phi) is 4.03. The van der Waals surface area contributed by atoms with Crippen LogP contribution >= 0.6 is 0 Å². The van der Waals surface area contributed by atoms with E-state index >= 15 is 0 Å². The maximum Gasteiger partial charge on any atom is 0.129 e. The van der Waals surface area contributed by atoms with Crippen molar-refractivity contribution in [2.45, 2.75) is 27.7 Å². The number of rotatable bonds is 3. The van der Waals surface area contributed by atoms with Gasteiger partial charge in [-0.15, -0.1) is 0 Å². The minimum absolute atomic E-state index is 0.916. The molecule has 0 unspecified atom stereocenters. The minimum Gasteiger partial charge on any atom is -0.496 e. The average Bonchev–Trinajstić information content (AvgIpc) is 2.37. The Morgan fingerprint density at radius 2 is 0.950 bits per heavy atom. The topological polar surface area (TPSA) is 18.5 Å². The van der Waals surface area contributed by atoms with Gasteiger partial charge in [0.15, 0.2) is 0 Å². The Balaban J connectivity index is 2.80. The fourth-order valence-electron chi connectivity index (χ4n) is 2.85. The van der Waals surface area contributed by atoms with Gasteiger partial charge >= 0.3 is 0 Å². The molecular formula is C18H22O2. The first kappa shape index (κ1) is 14.4. The highest BCUT2D eigenvalue weighted by atomic mass is 16.5. The second kappa shape index (κ2) is 5.58. The second-order valence-corrected chi connectivity index (χ2v) is 5.33. The van der Waals surface area contributed by atoms with Crippen molar-refractivity contribution in [1.82, 2.24) is 0 Å². The van der Waals surface area contributed by atoms with Crippen LogP contribution in [0.4, 0.5) is 0 Å². The van der Waals surface area contributed by atoms with Crippen LogP contribution in [-0.2, 0) is 0 Å². The summed E-state index contributed by atoms with van der Waals surface area (Å²) in [5, 5.41) is 0. The van der Waals surface area contributed by atoms with Gasteiger partial charge in [0.25, 0.3) is 0 Å². The molecule has 0 atom stereocenters. The van der Waals surface area contributed by atoms with E-state index < -0.39 is 0 Å². The number of hydrogen-bond donors (Lipinski definition) is 0. The fourth-order valence-corrected chi connectivity index (χ4v) is 2.85. The summed E-state index contributed by atoms with van der Waals surface area (Å²) in [5.74, 6) is 1.83. The van der Waals surface area contributed by atoms with E-state index in [0.29, 0.717) is 0 Å². The van der Waals surface area contributed by atoms with E-state index in [0.717, 1.165) is 33.8 Å². The van der Waals surface area contributed by atoms with Gasteiger partial charge in [-0.25, -0.2) is 0 Å². The van der Waals surface area contributed by atoms with Crippen molar-refractivity contribution < 1.29 is 9.47 Å². The summed E-state index contributed by atoms with van der Waals surface area (Å²) in [6, 6.07) is 8.58. The normalized spacial score (nSPS) is 10.5. The lowest BCUT2D eigenvalue weighted by Crippen LogP contribution is -1.97. The van der Waals surface area contributed by atoms with E-state index in [-0.39, 0.29) is 0 Å². The van der Waals surface area contributed by atoms with Gasteiger partial charge in [-0.05, 0) is 62.1 Å². The zero-order valence-corrected chi connectivity index (χ0v) is 13.1. The zero-order chi connectivity index (χ0) is 14.9. The maximum absolute atomic E-state index is 5.61. The summed E-state index contributed by atoms with van der Waals surface area (Å²) in [6.07, 6.45) is 0. The predicted molar refractivity (Wildman–Crippen MR) is 83.9 cm³/mol. The van der Waals surface area contributed by atoms with Crippen LogP contribution in [0.2, 0.25) is 0 Å². The Morgan fingerprint density at radius 1 is 0.600 bits per heavy atom. The molecule has 0 aromatic heterocycles. The maximum atomic E-state index is 5.61. The van der Waals surface area contributed by atoms with Gasteiger partial charge in [0.2, 0.25) is 0 Å². The van der Waals surface area contributed by atoms with Gasteiger partial charge < -0.3 is 9.47 Å². The summed E-state index contributed by atoms with van der Waals surface area (Å²) in [5.41, 5.74) is 6.91. The van der Waals surface area contributed by atoms with Gasteiger partial charge in [-0.1, -0.05) is 12.1 Å². The van der Waals surface area contributed by atoms with Crippen molar-refractivity contribution in [2.75, 3.05) is 14.2 Å². The molecular weight excluding hydrogens is 248 g/mol. The fraction of sp³-hybridized carbons (Fsp3) is 0.333. The Morgan fingerprint density at radius 3 is 1.25 bits per heavy atom. The van der Waals surface area contributed by atoms with E-state index in [9.17, 15) is 0 Å². The van der Waals surface area contributed by atoms with E-state index in [2.05, 4.69) is 52.0 Å². The molecule has 0 heterocycles. The second-order valence-electron chi connectivity index (χ2n) is 5.33. The third-order valence-electron chi connectivity index (χ3n) is 3.54. The highest BCUT2D eigenvalue weighted by Crippen LogP contribution is 2.41. The molecule has 0 N–H and O–H groups in total. The zero-order valence-electron chi connectivity index (χ0n) is 13.1. The number of methoxy groups -OCH3 is 2. The summed E-state index contributed by atoms with van der Waals surface area (Å²) < 4.78 is 11.2. The first-order valence-electron chi connectivity index (χ1n) is 6.78. The predicted octanol–water partition coefficient (Wildman–Crippen LogP) is 4.60. The van der Waals surface area contributed by atoms with Crippen molar-refractivity contribution in [3.8, 4) is 22.6 Å². The molecule has 0 saturated carbocycles. The molecule has 2 aromatic carbocycles. The van der Waals surface area contributed by atoms with Crippen LogP contribution in [0.15, 0.2) is 24.3 Å². The lowest BCUT2D eigenvalue weighted by molar-refractivity contribution is 0.407. The third-order valence-corrected chi connectivity index (χ3v) is 3.54. The molecule has 0 spiro atoms. The Bertz CT molecular complexity index is 585. The molecule has 0 aliphatic carbocycles. The molecule has 0 fully saturated rings. The smallest absolute Gasteiger partial charge is 0.129 e. The first-order chi connectivity index (χ1) is 9.47. The Labute approximate surface area is 121 Å². The van der Waals surface area contributed by atoms with Crippen molar-refractivity contribution in [2.24, 2.45) is 0 Å². The number of aryl methyl sites for hydroxylation is 4. The molecule has 0 saturated heterocycles. The molecule has 2 rings (SSSR count). The van der Waals surface area contributed by atoms with Crippen LogP contribution in [0.3, 0.4) is 0 Å². The number of benzene rings is 2. The van der Waals surface area contributed by atoms with E-state index in [1.165, 1.54) is 11.1 Å². The van der Waals surface area contributed by atoms with Crippen LogP contribution < -0.4 is 9.47 Å². The highest BCUT2D eigenvalue weighted by molar-refractivity contribution is 5.79. The van der Waals surface area contributed by atoms with E-state index in [1.54, 1.807) is 14.2 Å². The molecule has 2 nitrogen and oxygen atoms in total. The van der Waals surface area contributed by atoms with Crippen LogP contribution in [0.1, 0.15) is 22.3 Å². The van der Waals surface area contributed by atoms with E-state index in [4.69, 9.17) is 9.47 Å². The largest absolute Gasteiger partial charge is 0.496 e. The third kappa shape index (κ3) is 2.51. The van der Waals surface area contributed by atoms with Crippen LogP contribution in [0.5, 0.6) is 11.5 Å². The van der Waals surface area contributed by atoms with Gasteiger partial charge in [0.1, 0.15) is 11.5 Å². The minimum atomic E-state index is 0.916. The van der Waals surface area contributed by atoms with Crippen LogP contribution in [-0.4, -0.2) is 14.2 Å². The molecule has 0 radical (unpaired) electrons. The molecule has 20 heavy (non-hydrogen) atoms. The monoisotopic (exact) mass is 270 g/mol. The molecule has 0 amide bonds. The standard InChI is InChI=1S/C18H22O2/c1-11-7-13(3)17(19-5)15(9-11)16-10-12(2)8-14(4)18(16)20-6/h7-10H,1-6H3. The molecule has 2 aromatic rings. The van der Waals surface area contributed by atoms with Crippen molar-refractivity contribution >= 4 is 0 Å². The molecule has 2 heteroatoms. The molecule has 106 valence electrons. The van der Waals surface area contributed by atoms with Crippen LogP contribution in [0, 0.1) is 27.7 Å². The van der Waals surface area contributed by atoms with Gasteiger partial charge in [-0.3, -0.25) is 0 Å². The van der Waals surface area contributed by atoms with Crippen molar-refractivity contribution in [1.29, 1.82) is 0 Å². The highest BCUT2D eigenvalue weighted by Gasteiger charge is 2.16. The lowest BCUT2D eigenvalue weighted by atomic mass is 9.95. The average molecular weight is 270 g/mol. The van der Waals surface area contributed by atoms with E-state index in [1.807, 2.05) is 0 Å². The quantitative estimate of drug-likeness (QED) is 0.811. The lowest BCUT2D eigenvalue weighted by Gasteiger charge is -2.17. The van der Waals surface area contributed by atoms with Crippen molar-refractivity contribution in [3.05, 3.63) is 46.5 Å². The Hall–Kier alpha value is -1.96. The van der Waals surface area contributed by atoms with Crippen LogP contribution in [0.25, 0.3) is 11.1 Å². The van der Waals surface area contributed by atoms with Gasteiger partial charge in [0.05, 0.1) is 14.2 Å². The summed E-state index contributed by atoms with van der Waals surface area (Å²) in [4.78, 5) is 0. The number of hydrogen-bond acceptors (Lipinski definition) is 2. The molecule has 0 aliphatic rings. The molecule has 0 bridgehead atoms. The van der Waals surface area contributed by atoms with Gasteiger partial charge in [-0.2, -0.15) is 0 Å². The number of ether oxygens (including phenoxy) is 2. The first-order valence-corrected chi connectivity index (χ1v) is 6.78. The summed E-state index contributed by atoms with van der Waals surface area (Å²) in [7, 11) is 3.44. The molecule has 0 aliphatic heterocycles. The van der Waals surface area contributed by atoms with Gasteiger partial charge in [0, 0.05) is 11.1 Å².